The van der Waals surface area contributed by atoms with Gasteiger partial charge >= 0.3 is 6.18 Å². The van der Waals surface area contributed by atoms with Crippen molar-refractivity contribution in [1.82, 2.24) is 5.32 Å². The van der Waals surface area contributed by atoms with Crippen molar-refractivity contribution in [2.24, 2.45) is 0 Å². The highest BCUT2D eigenvalue weighted by molar-refractivity contribution is 9.10. The molecule has 1 rings (SSSR count). The lowest BCUT2D eigenvalue weighted by Crippen LogP contribution is -2.28. The minimum atomic E-state index is -4.55. The Hall–Kier alpha value is -0.690. The van der Waals surface area contributed by atoms with Crippen LogP contribution in [0.5, 0.6) is 0 Å². The Morgan fingerprint density at radius 3 is 2.67 bits per heavy atom. The average Bonchev–Trinajstić information content (AvgIpc) is 2.28. The summed E-state index contributed by atoms with van der Waals surface area (Å²) in [6, 6.07) is 3.49. The Bertz CT molecular complexity index is 437. The van der Waals surface area contributed by atoms with Crippen molar-refractivity contribution in [3.63, 3.8) is 0 Å². The zero-order valence-corrected chi connectivity index (χ0v) is 11.9. The van der Waals surface area contributed by atoms with E-state index in [9.17, 15) is 18.0 Å². The van der Waals surface area contributed by atoms with Crippen LogP contribution in [0.3, 0.4) is 0 Å². The molecule has 0 spiro atoms. The van der Waals surface area contributed by atoms with E-state index in [1.807, 2.05) is 6.26 Å². The van der Waals surface area contributed by atoms with Crippen molar-refractivity contribution in [2.45, 2.75) is 6.18 Å². The molecule has 0 saturated carbocycles. The van der Waals surface area contributed by atoms with Gasteiger partial charge in [0.05, 0.1) is 11.1 Å². The van der Waals surface area contributed by atoms with Gasteiger partial charge in [0.15, 0.2) is 0 Å². The van der Waals surface area contributed by atoms with Crippen LogP contribution in [0.25, 0.3) is 0 Å². The Morgan fingerprint density at radius 1 is 1.44 bits per heavy atom. The fourth-order valence-corrected chi connectivity index (χ4v) is 1.98. The molecule has 100 valence electrons. The number of carbonyl (C=O) groups excluding carboxylic acids is 1. The topological polar surface area (TPSA) is 29.1 Å². The third kappa shape index (κ3) is 4.20. The van der Waals surface area contributed by atoms with Gasteiger partial charge in [0.2, 0.25) is 0 Å². The highest BCUT2D eigenvalue weighted by Crippen LogP contribution is 2.33. The van der Waals surface area contributed by atoms with E-state index in [4.69, 9.17) is 0 Å². The molecule has 0 aromatic heterocycles. The Kier molecular flexibility index (Phi) is 5.52. The zero-order chi connectivity index (χ0) is 13.8. The van der Waals surface area contributed by atoms with Crippen molar-refractivity contribution >= 4 is 33.6 Å². The number of carbonyl (C=O) groups is 1. The molecule has 0 heterocycles. The molecule has 18 heavy (non-hydrogen) atoms. The Morgan fingerprint density at radius 2 is 2.11 bits per heavy atom. The molecule has 0 bridgehead atoms. The van der Waals surface area contributed by atoms with E-state index in [0.717, 1.165) is 6.07 Å². The van der Waals surface area contributed by atoms with Gasteiger partial charge in [-0.2, -0.15) is 24.9 Å². The standard InChI is InChI=1S/C11H11BrF3NOS/c1-18-5-4-16-10(17)8-3-2-7(12)6-9(8)11(13,14)15/h2-3,6H,4-5H2,1H3,(H,16,17). The summed E-state index contributed by atoms with van der Waals surface area (Å²) in [7, 11) is 0. The normalized spacial score (nSPS) is 11.4. The molecule has 0 radical (unpaired) electrons. The lowest BCUT2D eigenvalue weighted by molar-refractivity contribution is -0.138. The molecule has 1 amide bonds. The molecule has 0 atom stereocenters. The van der Waals surface area contributed by atoms with Crippen molar-refractivity contribution in [2.75, 3.05) is 18.6 Å². The highest BCUT2D eigenvalue weighted by Gasteiger charge is 2.35. The molecule has 0 unspecified atom stereocenters. The third-order valence-electron chi connectivity index (χ3n) is 2.12. The molecule has 2 nitrogen and oxygen atoms in total. The van der Waals surface area contributed by atoms with E-state index < -0.39 is 17.6 Å². The van der Waals surface area contributed by atoms with Crippen molar-refractivity contribution in [3.8, 4) is 0 Å². The molecule has 1 aromatic rings. The molecule has 0 saturated heterocycles. The summed E-state index contributed by atoms with van der Waals surface area (Å²) in [6.45, 7) is 0.341. The van der Waals surface area contributed by atoms with Crippen LogP contribution in [-0.2, 0) is 6.18 Å². The molecular formula is C11H11BrF3NOS. The predicted octanol–water partition coefficient (Wildman–Crippen LogP) is 3.56. The largest absolute Gasteiger partial charge is 0.417 e. The Balaban J connectivity index is 2.97. The summed E-state index contributed by atoms with van der Waals surface area (Å²) >= 11 is 4.47. The van der Waals surface area contributed by atoms with Crippen molar-refractivity contribution in [3.05, 3.63) is 33.8 Å². The molecule has 0 aliphatic rings. The van der Waals surface area contributed by atoms with Crippen LogP contribution in [0.1, 0.15) is 15.9 Å². The first kappa shape index (κ1) is 15.4. The van der Waals surface area contributed by atoms with Crippen LogP contribution in [0.2, 0.25) is 0 Å². The van der Waals surface area contributed by atoms with E-state index in [1.165, 1.54) is 23.9 Å². The van der Waals surface area contributed by atoms with E-state index in [2.05, 4.69) is 21.2 Å². The van der Waals surface area contributed by atoms with Crippen LogP contribution in [0.15, 0.2) is 22.7 Å². The van der Waals surface area contributed by atoms with Gasteiger partial charge < -0.3 is 5.32 Å². The van der Waals surface area contributed by atoms with Gasteiger partial charge in [-0.05, 0) is 24.5 Å². The summed E-state index contributed by atoms with van der Waals surface area (Å²) < 4.78 is 38.6. The van der Waals surface area contributed by atoms with Gasteiger partial charge in [-0.15, -0.1) is 0 Å². The summed E-state index contributed by atoms with van der Waals surface area (Å²) in [6.07, 6.45) is -2.69. The number of thioether (sulfide) groups is 1. The van der Waals surface area contributed by atoms with Gasteiger partial charge in [-0.1, -0.05) is 15.9 Å². The number of hydrogen-bond acceptors (Lipinski definition) is 2. The molecule has 7 heteroatoms. The van der Waals surface area contributed by atoms with Crippen LogP contribution >= 0.6 is 27.7 Å². The number of halogens is 4. The van der Waals surface area contributed by atoms with E-state index >= 15 is 0 Å². The van der Waals surface area contributed by atoms with E-state index in [-0.39, 0.29) is 10.0 Å². The molecule has 1 aromatic carbocycles. The van der Waals surface area contributed by atoms with E-state index in [0.29, 0.717) is 12.3 Å². The van der Waals surface area contributed by atoms with E-state index in [1.54, 1.807) is 0 Å². The number of nitrogens with one attached hydrogen (secondary N) is 1. The van der Waals surface area contributed by atoms with Gasteiger partial charge in [0.25, 0.3) is 5.91 Å². The third-order valence-corrected chi connectivity index (χ3v) is 3.23. The SMILES string of the molecule is CSCCNC(=O)c1ccc(Br)cc1C(F)(F)F. The molecular weight excluding hydrogens is 331 g/mol. The molecule has 1 N–H and O–H groups in total. The summed E-state index contributed by atoms with van der Waals surface area (Å²) in [5, 5.41) is 2.46. The van der Waals surface area contributed by atoms with Crippen molar-refractivity contribution in [1.29, 1.82) is 0 Å². The van der Waals surface area contributed by atoms with Crippen LogP contribution in [0, 0.1) is 0 Å². The molecule has 0 aliphatic heterocycles. The summed E-state index contributed by atoms with van der Waals surface area (Å²) in [5.41, 5.74) is -1.29. The molecule has 0 aliphatic carbocycles. The quantitative estimate of drug-likeness (QED) is 0.848. The second-order valence-electron chi connectivity index (χ2n) is 3.44. The fourth-order valence-electron chi connectivity index (χ4n) is 1.31. The monoisotopic (exact) mass is 341 g/mol. The number of benzene rings is 1. The maximum atomic E-state index is 12.8. The van der Waals surface area contributed by atoms with Crippen LogP contribution in [-0.4, -0.2) is 24.5 Å². The number of alkyl halides is 3. The number of rotatable bonds is 4. The van der Waals surface area contributed by atoms with Crippen LogP contribution in [0.4, 0.5) is 13.2 Å². The number of amides is 1. The van der Waals surface area contributed by atoms with Crippen LogP contribution < -0.4 is 5.32 Å². The first-order chi connectivity index (χ1) is 8.36. The fraction of sp³-hybridized carbons (Fsp3) is 0.364. The Labute approximate surface area is 115 Å². The second-order valence-corrected chi connectivity index (χ2v) is 5.34. The van der Waals surface area contributed by atoms with Gasteiger partial charge in [-0.3, -0.25) is 4.79 Å². The summed E-state index contributed by atoms with van der Waals surface area (Å²) in [5.74, 6) is -0.0484. The summed E-state index contributed by atoms with van der Waals surface area (Å²) in [4.78, 5) is 11.7. The maximum absolute atomic E-state index is 12.8. The zero-order valence-electron chi connectivity index (χ0n) is 9.47. The highest BCUT2D eigenvalue weighted by atomic mass is 79.9. The second kappa shape index (κ2) is 6.47. The van der Waals surface area contributed by atoms with Gasteiger partial charge in [0, 0.05) is 16.8 Å². The van der Waals surface area contributed by atoms with Crippen molar-refractivity contribution < 1.29 is 18.0 Å². The average molecular weight is 342 g/mol. The number of hydrogen-bond donors (Lipinski definition) is 1. The lowest BCUT2D eigenvalue weighted by Gasteiger charge is -2.13. The minimum Gasteiger partial charge on any atom is -0.351 e. The minimum absolute atomic E-state index is 0.287. The molecule has 0 fully saturated rings. The maximum Gasteiger partial charge on any atom is 0.417 e. The first-order valence-corrected chi connectivity index (χ1v) is 7.19. The predicted molar refractivity (Wildman–Crippen MR) is 69.9 cm³/mol. The van der Waals surface area contributed by atoms with Gasteiger partial charge in [-0.25, -0.2) is 0 Å². The smallest absolute Gasteiger partial charge is 0.351 e. The van der Waals surface area contributed by atoms with Gasteiger partial charge in [0.1, 0.15) is 0 Å². The lowest BCUT2D eigenvalue weighted by atomic mass is 10.1. The first-order valence-electron chi connectivity index (χ1n) is 5.00.